The van der Waals surface area contributed by atoms with Crippen molar-refractivity contribution in [1.82, 2.24) is 19.7 Å². The van der Waals surface area contributed by atoms with Crippen LogP contribution < -0.4 is 4.74 Å². The van der Waals surface area contributed by atoms with Gasteiger partial charge in [0.1, 0.15) is 5.75 Å². The number of likely N-dealkylation sites (tertiary alicyclic amines) is 1. The van der Waals surface area contributed by atoms with Gasteiger partial charge in [-0.05, 0) is 65.1 Å². The van der Waals surface area contributed by atoms with E-state index in [0.29, 0.717) is 11.8 Å². The van der Waals surface area contributed by atoms with E-state index in [1.165, 1.54) is 5.56 Å². The van der Waals surface area contributed by atoms with Crippen molar-refractivity contribution in [3.8, 4) is 5.75 Å². The van der Waals surface area contributed by atoms with Gasteiger partial charge in [-0.1, -0.05) is 6.07 Å². The van der Waals surface area contributed by atoms with E-state index in [0.717, 1.165) is 49.8 Å². The van der Waals surface area contributed by atoms with Crippen molar-refractivity contribution < 1.29 is 9.53 Å². The van der Waals surface area contributed by atoms with Crippen LogP contribution in [0.4, 0.5) is 4.79 Å². The van der Waals surface area contributed by atoms with Gasteiger partial charge >= 0.3 is 6.09 Å². The minimum atomic E-state index is -0.241. The molecule has 1 saturated heterocycles. The minimum Gasteiger partial charge on any atom is -0.409 e. The number of amides is 1. The van der Waals surface area contributed by atoms with Crippen LogP contribution in [-0.2, 0) is 6.42 Å². The molecule has 142 valence electrons. The molecule has 1 aromatic heterocycles. The molecule has 3 rings (SSSR count). The Morgan fingerprint density at radius 3 is 2.62 bits per heavy atom. The fourth-order valence-corrected chi connectivity index (χ4v) is 3.57. The van der Waals surface area contributed by atoms with Crippen LogP contribution >= 0.6 is 0 Å². The zero-order valence-electron chi connectivity index (χ0n) is 16.3. The fourth-order valence-electron chi connectivity index (χ4n) is 3.57. The van der Waals surface area contributed by atoms with Crippen LogP contribution in [0.2, 0.25) is 0 Å². The van der Waals surface area contributed by atoms with Crippen molar-refractivity contribution in [2.24, 2.45) is 0 Å². The predicted molar refractivity (Wildman–Crippen MR) is 105 cm³/mol. The van der Waals surface area contributed by atoms with Gasteiger partial charge in [-0.15, -0.1) is 0 Å². The normalized spacial score (nSPS) is 16.0. The second-order valence-electron chi connectivity index (χ2n) is 7.60. The zero-order chi connectivity index (χ0) is 18.7. The van der Waals surface area contributed by atoms with Crippen molar-refractivity contribution in [2.45, 2.75) is 25.3 Å². The van der Waals surface area contributed by atoms with Crippen LogP contribution in [0.1, 0.15) is 18.4 Å². The molecule has 0 radical (unpaired) electrons. The summed E-state index contributed by atoms with van der Waals surface area (Å²) < 4.78 is 5.81. The summed E-state index contributed by atoms with van der Waals surface area (Å²) in [4.78, 5) is 22.2. The number of ether oxygens (including phenoxy) is 1. The molecule has 1 aliphatic heterocycles. The highest BCUT2D eigenvalue weighted by atomic mass is 16.6. The maximum Gasteiger partial charge on any atom is 0.415 e. The van der Waals surface area contributed by atoms with Crippen molar-refractivity contribution in [3.63, 3.8) is 0 Å². The number of fused-ring (bicyclic) bond motifs is 1. The average Bonchev–Trinajstić information content (AvgIpc) is 3.04. The molecular weight excluding hydrogens is 328 g/mol. The number of aromatic nitrogens is 1. The highest BCUT2D eigenvalue weighted by Gasteiger charge is 2.25. The molecule has 6 nitrogen and oxygen atoms in total. The van der Waals surface area contributed by atoms with Crippen molar-refractivity contribution in [3.05, 3.63) is 30.0 Å². The van der Waals surface area contributed by atoms with Crippen LogP contribution in [-0.4, -0.2) is 79.6 Å². The summed E-state index contributed by atoms with van der Waals surface area (Å²) >= 11 is 0. The number of hydrogen-bond acceptors (Lipinski definition) is 4. The lowest BCUT2D eigenvalue weighted by atomic mass is 10.0. The molecule has 0 aliphatic carbocycles. The standard InChI is InChI=1S/C20H30N4O2/c1-22(2)11-8-15-14-21-17-6-5-7-18(19(15)17)26-20(25)24-12-9-16(10-13-24)23(3)4/h5-7,14,16,21H,8-13H2,1-4H3. The third-order valence-electron chi connectivity index (χ3n) is 5.23. The van der Waals surface area contributed by atoms with Crippen molar-refractivity contribution >= 4 is 17.0 Å². The molecule has 1 amide bonds. The molecule has 1 aliphatic rings. The number of nitrogens with one attached hydrogen (secondary N) is 1. The first kappa shape index (κ1) is 18.7. The number of piperidine rings is 1. The Bertz CT molecular complexity index is 745. The third-order valence-corrected chi connectivity index (χ3v) is 5.23. The van der Waals surface area contributed by atoms with E-state index in [1.807, 2.05) is 29.3 Å². The second kappa shape index (κ2) is 8.10. The van der Waals surface area contributed by atoms with E-state index >= 15 is 0 Å². The Labute approximate surface area is 155 Å². The Morgan fingerprint density at radius 1 is 1.23 bits per heavy atom. The monoisotopic (exact) mass is 358 g/mol. The summed E-state index contributed by atoms with van der Waals surface area (Å²) in [5.74, 6) is 0.650. The minimum absolute atomic E-state index is 0.241. The van der Waals surface area contributed by atoms with Gasteiger partial charge in [0, 0.05) is 42.8 Å². The van der Waals surface area contributed by atoms with Gasteiger partial charge in [0.05, 0.1) is 0 Å². The molecule has 2 aromatic rings. The maximum absolute atomic E-state index is 12.7. The molecule has 26 heavy (non-hydrogen) atoms. The quantitative estimate of drug-likeness (QED) is 0.893. The number of hydrogen-bond donors (Lipinski definition) is 1. The molecule has 0 spiro atoms. The van der Waals surface area contributed by atoms with E-state index < -0.39 is 0 Å². The first-order valence-corrected chi connectivity index (χ1v) is 9.32. The molecule has 2 heterocycles. The smallest absolute Gasteiger partial charge is 0.409 e. The zero-order valence-corrected chi connectivity index (χ0v) is 16.3. The number of carbonyl (C=O) groups excluding carboxylic acids is 1. The molecule has 0 unspecified atom stereocenters. The van der Waals surface area contributed by atoms with Crippen molar-refractivity contribution in [1.29, 1.82) is 0 Å². The average molecular weight is 358 g/mol. The lowest BCUT2D eigenvalue weighted by Gasteiger charge is -2.34. The number of likely N-dealkylation sites (N-methyl/N-ethyl adjacent to an activating group) is 1. The van der Waals surface area contributed by atoms with E-state index in [1.54, 1.807) is 0 Å². The third kappa shape index (κ3) is 4.19. The number of nitrogens with zero attached hydrogens (tertiary/aromatic N) is 3. The summed E-state index contributed by atoms with van der Waals surface area (Å²) in [5.41, 5.74) is 2.19. The topological polar surface area (TPSA) is 51.8 Å². The van der Waals surface area contributed by atoms with Crippen LogP contribution in [0.25, 0.3) is 10.9 Å². The molecule has 1 fully saturated rings. The number of benzene rings is 1. The lowest BCUT2D eigenvalue weighted by molar-refractivity contribution is 0.118. The predicted octanol–water partition coefficient (Wildman–Crippen LogP) is 2.80. The highest BCUT2D eigenvalue weighted by molar-refractivity contribution is 5.91. The Morgan fingerprint density at radius 2 is 1.96 bits per heavy atom. The first-order chi connectivity index (χ1) is 12.5. The van der Waals surface area contributed by atoms with Crippen LogP contribution in [0.3, 0.4) is 0 Å². The molecule has 0 saturated carbocycles. The second-order valence-corrected chi connectivity index (χ2v) is 7.60. The first-order valence-electron chi connectivity index (χ1n) is 9.32. The van der Waals surface area contributed by atoms with Gasteiger partial charge in [-0.25, -0.2) is 4.79 Å². The van der Waals surface area contributed by atoms with Gasteiger partial charge in [-0.2, -0.15) is 0 Å². The van der Waals surface area contributed by atoms with E-state index in [2.05, 4.69) is 43.0 Å². The van der Waals surface area contributed by atoms with Gasteiger partial charge in [-0.3, -0.25) is 0 Å². The summed E-state index contributed by atoms with van der Waals surface area (Å²) in [5, 5.41) is 1.02. The van der Waals surface area contributed by atoms with Gasteiger partial charge < -0.3 is 24.4 Å². The number of H-pyrrole nitrogens is 1. The molecular formula is C20H30N4O2. The highest BCUT2D eigenvalue weighted by Crippen LogP contribution is 2.30. The summed E-state index contributed by atoms with van der Waals surface area (Å²) in [7, 11) is 8.32. The number of aromatic amines is 1. The summed E-state index contributed by atoms with van der Waals surface area (Å²) in [6.07, 6.45) is 4.67. The van der Waals surface area contributed by atoms with E-state index in [-0.39, 0.29) is 6.09 Å². The number of rotatable bonds is 5. The summed E-state index contributed by atoms with van der Waals surface area (Å²) in [6.45, 7) is 2.45. The Hall–Kier alpha value is -2.05. The van der Waals surface area contributed by atoms with Crippen LogP contribution in [0.15, 0.2) is 24.4 Å². The van der Waals surface area contributed by atoms with E-state index in [4.69, 9.17) is 4.74 Å². The SMILES string of the molecule is CN(C)CCc1c[nH]c2cccc(OC(=O)N3CCC(N(C)C)CC3)c12. The van der Waals surface area contributed by atoms with Crippen molar-refractivity contribution in [2.75, 3.05) is 47.8 Å². The lowest BCUT2D eigenvalue weighted by Crippen LogP contribution is -2.45. The van der Waals surface area contributed by atoms with Crippen LogP contribution in [0, 0.1) is 0 Å². The largest absolute Gasteiger partial charge is 0.415 e. The van der Waals surface area contributed by atoms with E-state index in [9.17, 15) is 4.79 Å². The Balaban J connectivity index is 1.72. The molecule has 1 N–H and O–H groups in total. The Kier molecular flexibility index (Phi) is 5.84. The van der Waals surface area contributed by atoms with Gasteiger partial charge in [0.15, 0.2) is 0 Å². The number of carbonyl (C=O) groups is 1. The molecule has 0 atom stereocenters. The van der Waals surface area contributed by atoms with Crippen LogP contribution in [0.5, 0.6) is 5.75 Å². The van der Waals surface area contributed by atoms with Gasteiger partial charge in [0.2, 0.25) is 0 Å². The molecule has 6 heteroatoms. The molecule has 1 aromatic carbocycles. The van der Waals surface area contributed by atoms with Gasteiger partial charge in [0.25, 0.3) is 0 Å². The summed E-state index contributed by atoms with van der Waals surface area (Å²) in [6, 6.07) is 6.38. The fraction of sp³-hybridized carbons (Fsp3) is 0.550. The maximum atomic E-state index is 12.7. The molecule has 0 bridgehead atoms.